The van der Waals surface area contributed by atoms with Crippen LogP contribution >= 0.6 is 0 Å². The van der Waals surface area contributed by atoms with Crippen LogP contribution in [0.3, 0.4) is 0 Å². The Hall–Kier alpha value is -1.69. The van der Waals surface area contributed by atoms with Gasteiger partial charge in [0.15, 0.2) is 0 Å². The van der Waals surface area contributed by atoms with Crippen LogP contribution in [0, 0.1) is 5.92 Å². The molecule has 0 spiro atoms. The van der Waals surface area contributed by atoms with Crippen molar-refractivity contribution < 1.29 is 9.53 Å². The van der Waals surface area contributed by atoms with Crippen LogP contribution in [0.1, 0.15) is 61.9 Å². The van der Waals surface area contributed by atoms with Crippen molar-refractivity contribution in [2.24, 2.45) is 5.92 Å². The first-order chi connectivity index (χ1) is 12.2. The van der Waals surface area contributed by atoms with E-state index in [0.29, 0.717) is 24.9 Å². The summed E-state index contributed by atoms with van der Waals surface area (Å²) in [6, 6.07) is 3.32. The average Bonchev–Trinajstić information content (AvgIpc) is 3.09. The van der Waals surface area contributed by atoms with Crippen molar-refractivity contribution in [3.63, 3.8) is 0 Å². The van der Waals surface area contributed by atoms with E-state index in [1.54, 1.807) is 13.2 Å². The number of hydrogen-bond acceptors (Lipinski definition) is 4. The van der Waals surface area contributed by atoms with Crippen LogP contribution < -0.4 is 5.56 Å². The Labute approximate surface area is 149 Å². The third-order valence-electron chi connectivity index (χ3n) is 5.56. The zero-order valence-corrected chi connectivity index (χ0v) is 15.2. The van der Waals surface area contributed by atoms with Crippen LogP contribution in [-0.2, 0) is 11.3 Å². The van der Waals surface area contributed by atoms with E-state index in [9.17, 15) is 9.59 Å². The summed E-state index contributed by atoms with van der Waals surface area (Å²) in [6.07, 6.45) is 9.90. The monoisotopic (exact) mass is 347 g/mol. The Morgan fingerprint density at radius 3 is 2.76 bits per heavy atom. The van der Waals surface area contributed by atoms with Gasteiger partial charge in [0.25, 0.3) is 11.5 Å². The standard InChI is InChI=1S/C19H29N3O3/c1-25-13-12-22-18(23)10-9-17(20-22)19(24)21-11-5-8-16(21)14-15-6-3-2-4-7-15/h9-10,15-16H,2-8,11-14H2,1H3/t16-/m0/s1. The minimum Gasteiger partial charge on any atom is -0.383 e. The lowest BCUT2D eigenvalue weighted by atomic mass is 9.84. The van der Waals surface area contributed by atoms with Gasteiger partial charge in [0, 0.05) is 25.8 Å². The van der Waals surface area contributed by atoms with Gasteiger partial charge in [-0.2, -0.15) is 5.10 Å². The molecule has 1 atom stereocenters. The minimum atomic E-state index is -0.200. The molecule has 1 saturated heterocycles. The minimum absolute atomic E-state index is 0.0375. The van der Waals surface area contributed by atoms with E-state index in [0.717, 1.165) is 31.7 Å². The SMILES string of the molecule is COCCn1nc(C(=O)N2CCC[C@H]2CC2CCCCC2)ccc1=O. The molecule has 25 heavy (non-hydrogen) atoms. The van der Waals surface area contributed by atoms with Crippen molar-refractivity contribution in [3.05, 3.63) is 28.2 Å². The predicted octanol–water partition coefficient (Wildman–Crippen LogP) is 2.46. The number of carbonyl (C=O) groups excluding carboxylic acids is 1. The fourth-order valence-corrected chi connectivity index (χ4v) is 4.20. The molecule has 0 bridgehead atoms. The van der Waals surface area contributed by atoms with E-state index in [4.69, 9.17) is 4.74 Å². The van der Waals surface area contributed by atoms with Gasteiger partial charge in [0.1, 0.15) is 5.69 Å². The fourth-order valence-electron chi connectivity index (χ4n) is 4.20. The summed E-state index contributed by atoms with van der Waals surface area (Å²) >= 11 is 0. The van der Waals surface area contributed by atoms with Crippen molar-refractivity contribution >= 4 is 5.91 Å². The Morgan fingerprint density at radius 1 is 1.20 bits per heavy atom. The van der Waals surface area contributed by atoms with E-state index >= 15 is 0 Å². The highest BCUT2D eigenvalue weighted by Crippen LogP contribution is 2.32. The van der Waals surface area contributed by atoms with Crippen LogP contribution in [0.2, 0.25) is 0 Å². The van der Waals surface area contributed by atoms with E-state index in [1.807, 2.05) is 4.90 Å². The molecule has 1 aromatic rings. The number of amides is 1. The third kappa shape index (κ3) is 4.48. The first-order valence-corrected chi connectivity index (χ1v) is 9.57. The van der Waals surface area contributed by atoms with E-state index < -0.39 is 0 Å². The average molecular weight is 347 g/mol. The summed E-state index contributed by atoms with van der Waals surface area (Å²) in [6.45, 7) is 1.57. The molecule has 1 aromatic heterocycles. The highest BCUT2D eigenvalue weighted by Gasteiger charge is 2.32. The summed E-state index contributed by atoms with van der Waals surface area (Å²) in [5.74, 6) is 0.722. The van der Waals surface area contributed by atoms with Crippen molar-refractivity contribution in [1.29, 1.82) is 0 Å². The molecule has 1 amide bonds. The second-order valence-corrected chi connectivity index (χ2v) is 7.31. The molecule has 1 aliphatic carbocycles. The topological polar surface area (TPSA) is 64.4 Å². The van der Waals surface area contributed by atoms with Gasteiger partial charge in [-0.1, -0.05) is 32.1 Å². The van der Waals surface area contributed by atoms with Gasteiger partial charge in [0.05, 0.1) is 13.2 Å². The molecule has 3 rings (SSSR count). The van der Waals surface area contributed by atoms with Crippen LogP contribution in [0.25, 0.3) is 0 Å². The van der Waals surface area contributed by atoms with E-state index in [-0.39, 0.29) is 11.5 Å². The lowest BCUT2D eigenvalue weighted by molar-refractivity contribution is 0.0701. The number of hydrogen-bond donors (Lipinski definition) is 0. The fraction of sp³-hybridized carbons (Fsp3) is 0.737. The summed E-state index contributed by atoms with van der Waals surface area (Å²) < 4.78 is 6.33. The van der Waals surface area contributed by atoms with Crippen molar-refractivity contribution in [2.75, 3.05) is 20.3 Å². The zero-order chi connectivity index (χ0) is 17.6. The van der Waals surface area contributed by atoms with Crippen molar-refractivity contribution in [1.82, 2.24) is 14.7 Å². The number of likely N-dealkylation sites (tertiary alicyclic amines) is 1. The molecule has 0 radical (unpaired) electrons. The van der Waals surface area contributed by atoms with Gasteiger partial charge >= 0.3 is 0 Å². The largest absolute Gasteiger partial charge is 0.383 e. The molecule has 2 fully saturated rings. The molecular weight excluding hydrogens is 318 g/mol. The molecule has 6 nitrogen and oxygen atoms in total. The molecule has 2 aliphatic rings. The summed E-state index contributed by atoms with van der Waals surface area (Å²) in [4.78, 5) is 26.8. The van der Waals surface area contributed by atoms with Crippen LogP contribution in [-0.4, -0.2) is 46.9 Å². The Kier molecular flexibility index (Phi) is 6.24. The number of ether oxygens (including phenoxy) is 1. The summed E-state index contributed by atoms with van der Waals surface area (Å²) in [5.41, 5.74) is 0.167. The molecule has 1 aliphatic heterocycles. The van der Waals surface area contributed by atoms with Crippen molar-refractivity contribution in [2.45, 2.75) is 64.0 Å². The van der Waals surface area contributed by atoms with Gasteiger partial charge in [-0.15, -0.1) is 0 Å². The number of rotatable bonds is 6. The summed E-state index contributed by atoms with van der Waals surface area (Å²) in [5, 5.41) is 4.27. The van der Waals surface area contributed by atoms with Gasteiger partial charge in [-0.05, 0) is 31.2 Å². The number of aromatic nitrogens is 2. The maximum Gasteiger partial charge on any atom is 0.274 e. The lowest BCUT2D eigenvalue weighted by Gasteiger charge is -2.30. The Bertz CT molecular complexity index is 637. The van der Waals surface area contributed by atoms with Crippen LogP contribution in [0.4, 0.5) is 0 Å². The second-order valence-electron chi connectivity index (χ2n) is 7.31. The summed E-state index contributed by atoms with van der Waals surface area (Å²) in [7, 11) is 1.58. The van der Waals surface area contributed by atoms with Crippen molar-refractivity contribution in [3.8, 4) is 0 Å². The molecule has 0 N–H and O–H groups in total. The normalized spacial score (nSPS) is 21.6. The van der Waals surface area contributed by atoms with E-state index in [1.165, 1.54) is 42.9 Å². The van der Waals surface area contributed by atoms with Gasteiger partial charge in [-0.25, -0.2) is 4.68 Å². The maximum absolute atomic E-state index is 13.0. The number of methoxy groups -OCH3 is 1. The molecule has 0 aromatic carbocycles. The Balaban J connectivity index is 1.69. The molecule has 2 heterocycles. The highest BCUT2D eigenvalue weighted by atomic mass is 16.5. The third-order valence-corrected chi connectivity index (χ3v) is 5.56. The first-order valence-electron chi connectivity index (χ1n) is 9.57. The van der Waals surface area contributed by atoms with Gasteiger partial charge in [-0.3, -0.25) is 9.59 Å². The highest BCUT2D eigenvalue weighted by molar-refractivity contribution is 5.92. The maximum atomic E-state index is 13.0. The quantitative estimate of drug-likeness (QED) is 0.793. The smallest absolute Gasteiger partial charge is 0.274 e. The van der Waals surface area contributed by atoms with Crippen LogP contribution in [0.5, 0.6) is 0 Å². The second kappa shape index (κ2) is 8.61. The molecule has 6 heteroatoms. The van der Waals surface area contributed by atoms with Crippen LogP contribution in [0.15, 0.2) is 16.9 Å². The lowest BCUT2D eigenvalue weighted by Crippen LogP contribution is -2.38. The molecule has 138 valence electrons. The molecule has 1 saturated carbocycles. The molecule has 0 unspecified atom stereocenters. The molecular formula is C19H29N3O3. The Morgan fingerprint density at radius 2 is 2.00 bits per heavy atom. The van der Waals surface area contributed by atoms with Gasteiger partial charge in [0.2, 0.25) is 0 Å². The number of carbonyl (C=O) groups is 1. The van der Waals surface area contributed by atoms with Gasteiger partial charge < -0.3 is 9.64 Å². The van der Waals surface area contributed by atoms with E-state index in [2.05, 4.69) is 5.10 Å². The first kappa shape index (κ1) is 18.1. The number of nitrogens with zero attached hydrogens (tertiary/aromatic N) is 3. The zero-order valence-electron chi connectivity index (χ0n) is 15.2. The predicted molar refractivity (Wildman–Crippen MR) is 95.6 cm³/mol.